The number of hydrogen-bond acceptors (Lipinski definition) is 3. The normalized spacial score (nSPS) is 22.3. The van der Waals surface area contributed by atoms with Gasteiger partial charge in [0.2, 0.25) is 5.91 Å². The Labute approximate surface area is 133 Å². The maximum Gasteiger partial charge on any atom is 0.285 e. The average molecular weight is 320 g/mol. The maximum atomic E-state index is 13.2. The second-order valence-corrected chi connectivity index (χ2v) is 6.06. The quantitative estimate of drug-likeness (QED) is 0.730. The molecule has 7 heteroatoms. The van der Waals surface area contributed by atoms with Crippen LogP contribution in [0.4, 0.5) is 4.39 Å². The number of imide groups is 1. The summed E-state index contributed by atoms with van der Waals surface area (Å²) in [6.07, 6.45) is 1.72. The molecule has 2 heterocycles. The molecule has 3 rings (SSSR count). The molecule has 0 spiro atoms. The summed E-state index contributed by atoms with van der Waals surface area (Å²) in [5.41, 5.74) is 0.355. The Kier molecular flexibility index (Phi) is 4.38. The largest absolute Gasteiger partial charge is 0.338 e. The molecule has 23 heavy (non-hydrogen) atoms. The van der Waals surface area contributed by atoms with Crippen LogP contribution in [0.5, 0.6) is 0 Å². The molecule has 2 aliphatic rings. The van der Waals surface area contributed by atoms with Gasteiger partial charge >= 0.3 is 0 Å². The number of nitrogens with one attached hydrogen (secondary N) is 1. The first-order valence-corrected chi connectivity index (χ1v) is 7.76. The van der Waals surface area contributed by atoms with Gasteiger partial charge in [-0.05, 0) is 18.2 Å². The Hall–Kier alpha value is -2.28. The van der Waals surface area contributed by atoms with Gasteiger partial charge in [-0.2, -0.15) is 0 Å². The number of benzene rings is 1. The molecule has 0 unspecified atom stereocenters. The molecule has 122 valence electrons. The third-order valence-corrected chi connectivity index (χ3v) is 4.41. The van der Waals surface area contributed by atoms with E-state index < -0.39 is 5.82 Å². The summed E-state index contributed by atoms with van der Waals surface area (Å²) in [5, 5.41) is 4.24. The van der Waals surface area contributed by atoms with Gasteiger partial charge < -0.3 is 10.2 Å². The van der Waals surface area contributed by atoms with Crippen molar-refractivity contribution < 1.29 is 24.1 Å². The molecule has 3 N–H and O–H groups in total. The van der Waals surface area contributed by atoms with E-state index >= 15 is 0 Å². The molecule has 0 aliphatic carbocycles. The van der Waals surface area contributed by atoms with Crippen LogP contribution in [-0.2, 0) is 9.59 Å². The number of nitrogens with two attached hydrogens (primary N) is 1. The zero-order valence-electron chi connectivity index (χ0n) is 12.6. The van der Waals surface area contributed by atoms with Crippen molar-refractivity contribution in [2.45, 2.75) is 31.3 Å². The third kappa shape index (κ3) is 3.56. The van der Waals surface area contributed by atoms with Crippen molar-refractivity contribution in [3.05, 3.63) is 35.6 Å². The van der Waals surface area contributed by atoms with Crippen molar-refractivity contribution in [3.63, 3.8) is 0 Å². The number of quaternary nitrogens is 1. The first-order chi connectivity index (χ1) is 11.0. The molecule has 1 aromatic carbocycles. The van der Waals surface area contributed by atoms with Crippen LogP contribution in [0.25, 0.3) is 0 Å². The van der Waals surface area contributed by atoms with Gasteiger partial charge in [0.25, 0.3) is 11.8 Å². The van der Waals surface area contributed by atoms with Crippen LogP contribution in [0, 0.1) is 5.82 Å². The fourth-order valence-corrected chi connectivity index (χ4v) is 3.16. The zero-order valence-corrected chi connectivity index (χ0v) is 12.6. The maximum absolute atomic E-state index is 13.2. The lowest BCUT2D eigenvalue weighted by molar-refractivity contribution is -0.710. The van der Waals surface area contributed by atoms with Gasteiger partial charge in [-0.15, -0.1) is 0 Å². The van der Waals surface area contributed by atoms with Gasteiger partial charge in [0.1, 0.15) is 5.82 Å². The summed E-state index contributed by atoms with van der Waals surface area (Å²) >= 11 is 0. The summed E-state index contributed by atoms with van der Waals surface area (Å²) in [6.45, 7) is 1.14. The topological polar surface area (TPSA) is 83.1 Å². The van der Waals surface area contributed by atoms with Gasteiger partial charge in [0.05, 0.1) is 12.5 Å². The lowest BCUT2D eigenvalue weighted by Crippen LogP contribution is -2.97. The second kappa shape index (κ2) is 6.45. The minimum atomic E-state index is -0.420. The third-order valence-electron chi connectivity index (χ3n) is 4.41. The van der Waals surface area contributed by atoms with Crippen molar-refractivity contribution in [1.29, 1.82) is 0 Å². The van der Waals surface area contributed by atoms with Crippen molar-refractivity contribution in [2.75, 3.05) is 13.1 Å². The molecule has 0 bridgehead atoms. The number of carbonyl (C=O) groups excluding carboxylic acids is 3. The molecular weight excluding hydrogens is 301 g/mol. The molecule has 2 aliphatic heterocycles. The van der Waals surface area contributed by atoms with E-state index in [2.05, 4.69) is 5.32 Å². The predicted molar refractivity (Wildman–Crippen MR) is 78.8 cm³/mol. The molecule has 0 saturated carbocycles. The lowest BCUT2D eigenvalue weighted by atomic mass is 10.0. The molecular formula is C16H19FN3O3+. The Morgan fingerprint density at radius 3 is 2.61 bits per heavy atom. The number of hydrogen-bond donors (Lipinski definition) is 2. The second-order valence-electron chi connectivity index (χ2n) is 6.06. The summed E-state index contributed by atoms with van der Waals surface area (Å²) in [7, 11) is 0. The minimum Gasteiger partial charge on any atom is -0.338 e. The van der Waals surface area contributed by atoms with Gasteiger partial charge in [-0.1, -0.05) is 6.07 Å². The first-order valence-electron chi connectivity index (χ1n) is 7.76. The number of likely N-dealkylation sites (tertiary alicyclic amines) is 1. The number of carbonyl (C=O) groups is 3. The minimum absolute atomic E-state index is 0.170. The van der Waals surface area contributed by atoms with Crippen LogP contribution in [0.2, 0.25) is 0 Å². The van der Waals surface area contributed by atoms with Crippen LogP contribution >= 0.6 is 0 Å². The highest BCUT2D eigenvalue weighted by atomic mass is 19.1. The van der Waals surface area contributed by atoms with E-state index in [-0.39, 0.29) is 36.2 Å². The molecule has 3 amide bonds. The molecule has 2 saturated heterocycles. The summed E-state index contributed by atoms with van der Waals surface area (Å²) < 4.78 is 13.2. The van der Waals surface area contributed by atoms with E-state index in [9.17, 15) is 18.8 Å². The molecule has 2 fully saturated rings. The molecule has 6 nitrogen and oxygen atoms in total. The fourth-order valence-electron chi connectivity index (χ4n) is 3.16. The standard InChI is InChI=1S/C16H18FN3O3/c17-11-3-1-2-10(8-11)16(23)20-6-4-12(5-7-20)18-13-9-14(21)19-15(13)22/h1-3,8,12-13,18H,4-7,9H2,(H,19,21,22)/p+1/t13-/m1/s1. The number of nitrogens with zero attached hydrogens (tertiary/aromatic N) is 1. The van der Waals surface area contributed by atoms with Gasteiger partial charge in [0.15, 0.2) is 6.04 Å². The van der Waals surface area contributed by atoms with Crippen LogP contribution in [-0.4, -0.2) is 47.8 Å². The van der Waals surface area contributed by atoms with Crippen LogP contribution in [0.15, 0.2) is 24.3 Å². The molecule has 0 radical (unpaired) electrons. The average Bonchev–Trinajstić information content (AvgIpc) is 2.85. The fraction of sp³-hybridized carbons (Fsp3) is 0.438. The highest BCUT2D eigenvalue weighted by Gasteiger charge is 2.36. The van der Waals surface area contributed by atoms with Crippen LogP contribution in [0.1, 0.15) is 29.6 Å². The van der Waals surface area contributed by atoms with Crippen molar-refractivity contribution >= 4 is 17.7 Å². The SMILES string of the molecule is O=C1C[C@@H]([NH2+]C2CCN(C(=O)c3cccc(F)c3)CC2)C(=O)N1. The van der Waals surface area contributed by atoms with E-state index in [0.29, 0.717) is 18.7 Å². The monoisotopic (exact) mass is 320 g/mol. The van der Waals surface area contributed by atoms with Gasteiger partial charge in [0, 0.05) is 31.5 Å². The van der Waals surface area contributed by atoms with Gasteiger partial charge in [-0.3, -0.25) is 19.7 Å². The van der Waals surface area contributed by atoms with E-state index in [0.717, 1.165) is 12.8 Å². The van der Waals surface area contributed by atoms with E-state index in [1.807, 2.05) is 5.32 Å². The predicted octanol–water partition coefficient (Wildman–Crippen LogP) is -0.591. The van der Waals surface area contributed by atoms with E-state index in [1.165, 1.54) is 18.2 Å². The summed E-state index contributed by atoms with van der Waals surface area (Å²) in [5.74, 6) is -1.05. The Bertz CT molecular complexity index is 641. The van der Waals surface area contributed by atoms with Crippen molar-refractivity contribution in [3.8, 4) is 0 Å². The molecule has 0 aromatic heterocycles. The van der Waals surface area contributed by atoms with E-state index in [1.54, 1.807) is 11.0 Å². The van der Waals surface area contributed by atoms with Gasteiger partial charge in [-0.25, -0.2) is 4.39 Å². The van der Waals surface area contributed by atoms with Crippen molar-refractivity contribution in [2.24, 2.45) is 0 Å². The molecule has 1 aromatic rings. The Balaban J connectivity index is 1.53. The number of rotatable bonds is 3. The zero-order chi connectivity index (χ0) is 16.4. The Morgan fingerprint density at radius 2 is 2.00 bits per heavy atom. The Morgan fingerprint density at radius 1 is 1.26 bits per heavy atom. The summed E-state index contributed by atoms with van der Waals surface area (Å²) in [4.78, 5) is 36.8. The van der Waals surface area contributed by atoms with Crippen LogP contribution < -0.4 is 10.6 Å². The number of piperidine rings is 1. The lowest BCUT2D eigenvalue weighted by Gasteiger charge is -2.31. The van der Waals surface area contributed by atoms with Crippen LogP contribution in [0.3, 0.4) is 0 Å². The highest BCUT2D eigenvalue weighted by Crippen LogP contribution is 2.13. The summed E-state index contributed by atoms with van der Waals surface area (Å²) in [6, 6.07) is 5.56. The number of halogens is 1. The van der Waals surface area contributed by atoms with Crippen molar-refractivity contribution in [1.82, 2.24) is 10.2 Å². The number of amides is 3. The first kappa shape index (κ1) is 15.6. The molecule has 1 atom stereocenters. The highest BCUT2D eigenvalue weighted by molar-refractivity contribution is 6.04. The van der Waals surface area contributed by atoms with E-state index in [4.69, 9.17) is 0 Å². The smallest absolute Gasteiger partial charge is 0.285 e.